The van der Waals surface area contributed by atoms with Gasteiger partial charge in [0.05, 0.1) is 0 Å². The summed E-state index contributed by atoms with van der Waals surface area (Å²) < 4.78 is 28.1. The maximum atomic E-state index is 14.9. The Bertz CT molecular complexity index is 451. The van der Waals surface area contributed by atoms with Crippen LogP contribution in [0.4, 0.5) is 8.78 Å². The standard InChI is InChI=1S/C14H16ClF2N/c15-13-4-1-10(16)5-9(13)6-14(17)7-11-2-3-12(8-14)18-11/h1,4-5,11-12,18H,2-3,6-8H2. The van der Waals surface area contributed by atoms with E-state index in [-0.39, 0.29) is 24.3 Å². The molecule has 2 aliphatic heterocycles. The summed E-state index contributed by atoms with van der Waals surface area (Å²) in [6, 6.07) is 4.73. The van der Waals surface area contributed by atoms with Crippen molar-refractivity contribution < 1.29 is 8.78 Å². The van der Waals surface area contributed by atoms with Crippen LogP contribution in [-0.4, -0.2) is 17.8 Å². The first kappa shape index (κ1) is 12.4. The fraction of sp³-hybridized carbons (Fsp3) is 0.571. The monoisotopic (exact) mass is 271 g/mol. The number of piperidine rings is 1. The second-order valence-electron chi connectivity index (χ2n) is 5.61. The topological polar surface area (TPSA) is 12.0 Å². The van der Waals surface area contributed by atoms with Gasteiger partial charge in [-0.25, -0.2) is 8.78 Å². The van der Waals surface area contributed by atoms with Crippen LogP contribution in [0.3, 0.4) is 0 Å². The normalized spacial score (nSPS) is 34.8. The summed E-state index contributed by atoms with van der Waals surface area (Å²) in [5, 5.41) is 3.87. The number of halogens is 3. The number of rotatable bonds is 2. The largest absolute Gasteiger partial charge is 0.311 e. The number of alkyl halides is 1. The van der Waals surface area contributed by atoms with E-state index in [1.165, 1.54) is 18.2 Å². The Morgan fingerprint density at radius 1 is 1.28 bits per heavy atom. The van der Waals surface area contributed by atoms with Gasteiger partial charge in [0, 0.05) is 23.5 Å². The van der Waals surface area contributed by atoms with Crippen molar-refractivity contribution in [2.75, 3.05) is 0 Å². The Morgan fingerprint density at radius 3 is 2.61 bits per heavy atom. The van der Waals surface area contributed by atoms with E-state index in [9.17, 15) is 8.78 Å². The Balaban J connectivity index is 1.81. The zero-order chi connectivity index (χ0) is 12.8. The van der Waals surface area contributed by atoms with Crippen molar-refractivity contribution in [1.29, 1.82) is 0 Å². The molecule has 2 unspecified atom stereocenters. The zero-order valence-corrected chi connectivity index (χ0v) is 10.8. The number of nitrogens with one attached hydrogen (secondary N) is 1. The lowest BCUT2D eigenvalue weighted by Gasteiger charge is -2.35. The minimum Gasteiger partial charge on any atom is -0.311 e. The van der Waals surface area contributed by atoms with E-state index in [1.807, 2.05) is 0 Å². The molecule has 0 saturated carbocycles. The second-order valence-corrected chi connectivity index (χ2v) is 6.02. The van der Waals surface area contributed by atoms with Gasteiger partial charge < -0.3 is 5.32 Å². The third-order valence-corrected chi connectivity index (χ3v) is 4.44. The summed E-state index contributed by atoms with van der Waals surface area (Å²) in [7, 11) is 0. The highest BCUT2D eigenvalue weighted by molar-refractivity contribution is 6.31. The van der Waals surface area contributed by atoms with Crippen LogP contribution in [0.15, 0.2) is 18.2 Å². The van der Waals surface area contributed by atoms with E-state index in [0.717, 1.165) is 12.8 Å². The van der Waals surface area contributed by atoms with Crippen LogP contribution in [0.5, 0.6) is 0 Å². The molecule has 0 aliphatic carbocycles. The summed E-state index contributed by atoms with van der Waals surface area (Å²) in [6.07, 6.45) is 3.34. The summed E-state index contributed by atoms with van der Waals surface area (Å²) in [4.78, 5) is 0. The van der Waals surface area contributed by atoms with Crippen LogP contribution in [-0.2, 0) is 6.42 Å². The van der Waals surface area contributed by atoms with Crippen molar-refractivity contribution in [2.45, 2.75) is 49.9 Å². The Morgan fingerprint density at radius 2 is 1.94 bits per heavy atom. The maximum Gasteiger partial charge on any atom is 0.123 e. The first-order valence-corrected chi connectivity index (χ1v) is 6.81. The molecule has 0 radical (unpaired) electrons. The average molecular weight is 272 g/mol. The third-order valence-electron chi connectivity index (χ3n) is 4.07. The maximum absolute atomic E-state index is 14.9. The van der Waals surface area contributed by atoms with E-state index >= 15 is 0 Å². The molecular formula is C14H16ClF2N. The van der Waals surface area contributed by atoms with Gasteiger partial charge in [-0.15, -0.1) is 0 Å². The average Bonchev–Trinajstić information content (AvgIpc) is 2.64. The molecule has 2 heterocycles. The molecule has 4 heteroatoms. The zero-order valence-electron chi connectivity index (χ0n) is 10.1. The van der Waals surface area contributed by atoms with Crippen molar-refractivity contribution in [1.82, 2.24) is 5.32 Å². The van der Waals surface area contributed by atoms with Crippen molar-refractivity contribution in [3.8, 4) is 0 Å². The van der Waals surface area contributed by atoms with Gasteiger partial charge in [-0.05, 0) is 49.4 Å². The highest BCUT2D eigenvalue weighted by Gasteiger charge is 2.44. The molecule has 2 aliphatic rings. The lowest BCUT2D eigenvalue weighted by molar-refractivity contribution is 0.0893. The highest BCUT2D eigenvalue weighted by Crippen LogP contribution is 2.39. The van der Waals surface area contributed by atoms with Gasteiger partial charge in [0.25, 0.3) is 0 Å². The summed E-state index contributed by atoms with van der Waals surface area (Å²) >= 11 is 6.02. The summed E-state index contributed by atoms with van der Waals surface area (Å²) in [5.41, 5.74) is -0.658. The van der Waals surface area contributed by atoms with E-state index < -0.39 is 5.67 Å². The number of benzene rings is 1. The van der Waals surface area contributed by atoms with Gasteiger partial charge in [-0.2, -0.15) is 0 Å². The van der Waals surface area contributed by atoms with Gasteiger partial charge in [0.2, 0.25) is 0 Å². The molecule has 0 aromatic heterocycles. The molecule has 1 N–H and O–H groups in total. The Hall–Kier alpha value is -0.670. The summed E-state index contributed by atoms with van der Waals surface area (Å²) in [6.45, 7) is 0. The molecule has 1 aromatic carbocycles. The molecule has 2 saturated heterocycles. The molecule has 1 nitrogen and oxygen atoms in total. The fourth-order valence-electron chi connectivity index (χ4n) is 3.36. The van der Waals surface area contributed by atoms with Crippen molar-refractivity contribution in [3.05, 3.63) is 34.6 Å². The molecular weight excluding hydrogens is 256 g/mol. The third kappa shape index (κ3) is 2.39. The van der Waals surface area contributed by atoms with Crippen molar-refractivity contribution >= 4 is 11.6 Å². The number of hydrogen-bond acceptors (Lipinski definition) is 1. The Labute approximate surface area is 111 Å². The minimum absolute atomic E-state index is 0.221. The lowest BCUT2D eigenvalue weighted by atomic mass is 9.84. The molecule has 1 aromatic rings. The van der Waals surface area contributed by atoms with Gasteiger partial charge in [0.15, 0.2) is 0 Å². The van der Waals surface area contributed by atoms with Gasteiger partial charge in [-0.1, -0.05) is 11.6 Å². The van der Waals surface area contributed by atoms with E-state index in [1.54, 1.807) is 0 Å². The second kappa shape index (κ2) is 4.46. The minimum atomic E-state index is -1.24. The van der Waals surface area contributed by atoms with E-state index in [2.05, 4.69) is 5.32 Å². The predicted molar refractivity (Wildman–Crippen MR) is 68.1 cm³/mol. The van der Waals surface area contributed by atoms with E-state index in [0.29, 0.717) is 23.4 Å². The first-order chi connectivity index (χ1) is 8.54. The molecule has 18 heavy (non-hydrogen) atoms. The number of hydrogen-bond donors (Lipinski definition) is 1. The SMILES string of the molecule is Fc1ccc(Cl)c(CC2(F)CC3CCC(C2)N3)c1. The fourth-order valence-corrected chi connectivity index (χ4v) is 3.54. The highest BCUT2D eigenvalue weighted by atomic mass is 35.5. The van der Waals surface area contributed by atoms with Crippen molar-refractivity contribution in [2.24, 2.45) is 0 Å². The molecule has 2 atom stereocenters. The van der Waals surface area contributed by atoms with Gasteiger partial charge >= 0.3 is 0 Å². The quantitative estimate of drug-likeness (QED) is 0.866. The van der Waals surface area contributed by atoms with Crippen LogP contribution in [0.2, 0.25) is 5.02 Å². The molecule has 0 amide bonds. The van der Waals surface area contributed by atoms with Crippen LogP contribution >= 0.6 is 11.6 Å². The van der Waals surface area contributed by atoms with Gasteiger partial charge in [0.1, 0.15) is 11.5 Å². The molecule has 98 valence electrons. The molecule has 2 bridgehead atoms. The predicted octanol–water partition coefficient (Wildman–Crippen LogP) is 3.64. The van der Waals surface area contributed by atoms with Crippen molar-refractivity contribution in [3.63, 3.8) is 0 Å². The van der Waals surface area contributed by atoms with Crippen LogP contribution in [0.25, 0.3) is 0 Å². The first-order valence-electron chi connectivity index (χ1n) is 6.43. The van der Waals surface area contributed by atoms with Gasteiger partial charge in [-0.3, -0.25) is 0 Å². The van der Waals surface area contributed by atoms with Crippen LogP contribution in [0, 0.1) is 5.82 Å². The molecule has 3 rings (SSSR count). The smallest absolute Gasteiger partial charge is 0.123 e. The van der Waals surface area contributed by atoms with Crippen LogP contribution < -0.4 is 5.32 Å². The van der Waals surface area contributed by atoms with E-state index in [4.69, 9.17) is 11.6 Å². The van der Waals surface area contributed by atoms with Crippen LogP contribution in [0.1, 0.15) is 31.2 Å². The molecule has 2 fully saturated rings. The summed E-state index contributed by atoms with van der Waals surface area (Å²) in [5.74, 6) is -0.352. The number of fused-ring (bicyclic) bond motifs is 2. The Kier molecular flexibility index (Phi) is 3.07. The molecule has 0 spiro atoms. The lowest BCUT2D eigenvalue weighted by Crippen LogP contribution is -2.47.